The number of aryl methyl sites for hydroxylation is 1. The minimum atomic E-state index is -0.680. The summed E-state index contributed by atoms with van der Waals surface area (Å²) in [6.07, 6.45) is 2.24. The molecule has 0 saturated heterocycles. The minimum Gasteiger partial charge on any atom is -0.467 e. The van der Waals surface area contributed by atoms with Crippen molar-refractivity contribution in [3.05, 3.63) is 46.0 Å². The van der Waals surface area contributed by atoms with Gasteiger partial charge in [-0.25, -0.2) is 0 Å². The first-order chi connectivity index (χ1) is 10.5. The van der Waals surface area contributed by atoms with Gasteiger partial charge in [-0.2, -0.15) is 0 Å². The molecule has 1 fully saturated rings. The van der Waals surface area contributed by atoms with Crippen molar-refractivity contribution in [3.63, 3.8) is 0 Å². The Hall–Kier alpha value is -1.59. The Balaban J connectivity index is 1.48. The molecule has 2 N–H and O–H groups in total. The summed E-state index contributed by atoms with van der Waals surface area (Å²) in [5.41, 5.74) is 0. The average molecular weight is 319 g/mol. The molecule has 4 atom stereocenters. The van der Waals surface area contributed by atoms with Gasteiger partial charge in [-0.3, -0.25) is 4.79 Å². The summed E-state index contributed by atoms with van der Waals surface area (Å²) in [6, 6.07) is 7.64. The number of carbonyl (C=O) groups is 1. The molecule has 22 heavy (non-hydrogen) atoms. The molecule has 3 rings (SSSR count). The SMILES string of the molecule is Cc1ccc(C2CC2C(=O)NC(C)CC(O)c2ccco2)s1. The number of nitrogens with one attached hydrogen (secondary N) is 1. The lowest BCUT2D eigenvalue weighted by molar-refractivity contribution is -0.123. The van der Waals surface area contributed by atoms with Gasteiger partial charge in [0.05, 0.1) is 6.26 Å². The first-order valence-corrected chi connectivity index (χ1v) is 8.44. The third-order valence-electron chi connectivity index (χ3n) is 4.09. The van der Waals surface area contributed by atoms with Crippen LogP contribution in [0.25, 0.3) is 0 Å². The molecule has 1 aliphatic carbocycles. The molecular weight excluding hydrogens is 298 g/mol. The third kappa shape index (κ3) is 3.42. The van der Waals surface area contributed by atoms with E-state index in [-0.39, 0.29) is 17.9 Å². The highest BCUT2D eigenvalue weighted by molar-refractivity contribution is 7.12. The first-order valence-electron chi connectivity index (χ1n) is 7.62. The van der Waals surface area contributed by atoms with Crippen molar-refractivity contribution < 1.29 is 14.3 Å². The number of aliphatic hydroxyl groups excluding tert-OH is 1. The lowest BCUT2D eigenvalue weighted by atomic mass is 10.1. The summed E-state index contributed by atoms with van der Waals surface area (Å²) >= 11 is 1.77. The Bertz CT molecular complexity index is 634. The average Bonchev–Trinajstić information content (AvgIpc) is 2.87. The fraction of sp³-hybridized carbons (Fsp3) is 0.471. The fourth-order valence-electron chi connectivity index (χ4n) is 2.79. The van der Waals surface area contributed by atoms with Crippen LogP contribution in [0.2, 0.25) is 0 Å². The second-order valence-corrected chi connectivity index (χ2v) is 7.39. The minimum absolute atomic E-state index is 0.0843. The van der Waals surface area contributed by atoms with Gasteiger partial charge >= 0.3 is 0 Å². The molecule has 5 heteroatoms. The monoisotopic (exact) mass is 319 g/mol. The Labute approximate surface area is 134 Å². The lowest BCUT2D eigenvalue weighted by Gasteiger charge is -2.16. The van der Waals surface area contributed by atoms with Crippen LogP contribution < -0.4 is 5.32 Å². The van der Waals surface area contributed by atoms with Crippen LogP contribution in [0.15, 0.2) is 34.9 Å². The van der Waals surface area contributed by atoms with Gasteiger partial charge in [-0.05, 0) is 44.5 Å². The van der Waals surface area contributed by atoms with Crippen molar-refractivity contribution >= 4 is 17.2 Å². The normalized spacial score (nSPS) is 23.0. The van der Waals surface area contributed by atoms with E-state index in [1.54, 1.807) is 29.7 Å². The van der Waals surface area contributed by atoms with Crippen molar-refractivity contribution in [2.75, 3.05) is 0 Å². The molecule has 0 spiro atoms. The van der Waals surface area contributed by atoms with Gasteiger partial charge in [0.1, 0.15) is 11.9 Å². The summed E-state index contributed by atoms with van der Waals surface area (Å²) in [5.74, 6) is 1.09. The van der Waals surface area contributed by atoms with E-state index in [0.29, 0.717) is 18.1 Å². The van der Waals surface area contributed by atoms with Crippen LogP contribution in [0.5, 0.6) is 0 Å². The van der Waals surface area contributed by atoms with E-state index < -0.39 is 6.10 Å². The molecule has 2 aromatic heterocycles. The third-order valence-corrected chi connectivity index (χ3v) is 5.22. The molecule has 0 aromatic carbocycles. The van der Waals surface area contributed by atoms with E-state index in [4.69, 9.17) is 4.42 Å². The Morgan fingerprint density at radius 1 is 1.50 bits per heavy atom. The van der Waals surface area contributed by atoms with E-state index in [1.807, 2.05) is 6.92 Å². The fourth-order valence-corrected chi connectivity index (χ4v) is 3.85. The standard InChI is InChI=1S/C17H21NO3S/c1-10(8-14(19)15-4-3-7-21-15)18-17(20)13-9-12(13)16-6-5-11(2)22-16/h3-7,10,12-14,19H,8-9H2,1-2H3,(H,18,20). The van der Waals surface area contributed by atoms with Gasteiger partial charge in [0.15, 0.2) is 0 Å². The van der Waals surface area contributed by atoms with Gasteiger partial charge < -0.3 is 14.8 Å². The Kier molecular flexibility index (Phi) is 4.36. The summed E-state index contributed by atoms with van der Waals surface area (Å²) < 4.78 is 5.18. The number of hydrogen-bond donors (Lipinski definition) is 2. The van der Waals surface area contributed by atoms with E-state index in [0.717, 1.165) is 6.42 Å². The Morgan fingerprint density at radius 2 is 2.32 bits per heavy atom. The number of rotatable bonds is 6. The molecule has 0 radical (unpaired) electrons. The maximum atomic E-state index is 12.3. The largest absolute Gasteiger partial charge is 0.467 e. The molecule has 0 aliphatic heterocycles. The topological polar surface area (TPSA) is 62.5 Å². The van der Waals surface area contributed by atoms with Crippen molar-refractivity contribution in [2.24, 2.45) is 5.92 Å². The van der Waals surface area contributed by atoms with Crippen molar-refractivity contribution in [1.82, 2.24) is 5.32 Å². The molecule has 1 saturated carbocycles. The highest BCUT2D eigenvalue weighted by atomic mass is 32.1. The molecular formula is C17H21NO3S. The number of furan rings is 1. The van der Waals surface area contributed by atoms with Gasteiger partial charge in [0.2, 0.25) is 5.91 Å². The maximum Gasteiger partial charge on any atom is 0.223 e. The zero-order valence-electron chi connectivity index (χ0n) is 12.8. The van der Waals surface area contributed by atoms with Crippen LogP contribution in [0.1, 0.15) is 47.3 Å². The number of thiophene rings is 1. The number of carbonyl (C=O) groups excluding carboxylic acids is 1. The molecule has 2 heterocycles. The maximum absolute atomic E-state index is 12.3. The van der Waals surface area contributed by atoms with Crippen molar-refractivity contribution in [2.45, 2.75) is 44.8 Å². The molecule has 0 bridgehead atoms. The number of amides is 1. The van der Waals surface area contributed by atoms with Gasteiger partial charge in [-0.1, -0.05) is 0 Å². The van der Waals surface area contributed by atoms with Crippen LogP contribution in [0.3, 0.4) is 0 Å². The summed E-state index contributed by atoms with van der Waals surface area (Å²) in [4.78, 5) is 14.9. The van der Waals surface area contributed by atoms with E-state index in [2.05, 4.69) is 24.4 Å². The molecule has 1 amide bonds. The second-order valence-electron chi connectivity index (χ2n) is 6.07. The number of hydrogen-bond acceptors (Lipinski definition) is 4. The molecule has 4 nitrogen and oxygen atoms in total. The van der Waals surface area contributed by atoms with E-state index >= 15 is 0 Å². The molecule has 118 valence electrons. The smallest absolute Gasteiger partial charge is 0.223 e. The van der Waals surface area contributed by atoms with E-state index in [9.17, 15) is 9.90 Å². The van der Waals surface area contributed by atoms with Gasteiger partial charge in [0.25, 0.3) is 0 Å². The van der Waals surface area contributed by atoms with Crippen molar-refractivity contribution in [3.8, 4) is 0 Å². The highest BCUT2D eigenvalue weighted by Gasteiger charge is 2.44. The molecule has 4 unspecified atom stereocenters. The van der Waals surface area contributed by atoms with Crippen LogP contribution in [0.4, 0.5) is 0 Å². The quantitative estimate of drug-likeness (QED) is 0.858. The van der Waals surface area contributed by atoms with Crippen LogP contribution >= 0.6 is 11.3 Å². The summed E-state index contributed by atoms with van der Waals surface area (Å²) in [5, 5.41) is 13.0. The molecule has 1 aliphatic rings. The van der Waals surface area contributed by atoms with Crippen molar-refractivity contribution in [1.29, 1.82) is 0 Å². The zero-order valence-corrected chi connectivity index (χ0v) is 13.6. The predicted molar refractivity (Wildman–Crippen MR) is 85.8 cm³/mol. The number of aliphatic hydroxyl groups is 1. The summed E-state index contributed by atoms with van der Waals surface area (Å²) in [6.45, 7) is 4.00. The van der Waals surface area contributed by atoms with Crippen LogP contribution in [-0.4, -0.2) is 17.1 Å². The highest BCUT2D eigenvalue weighted by Crippen LogP contribution is 2.49. The van der Waals surface area contributed by atoms with Gasteiger partial charge in [-0.15, -0.1) is 11.3 Å². The first kappa shape index (κ1) is 15.3. The zero-order chi connectivity index (χ0) is 15.7. The molecule has 2 aromatic rings. The lowest BCUT2D eigenvalue weighted by Crippen LogP contribution is -2.35. The van der Waals surface area contributed by atoms with Crippen LogP contribution in [0, 0.1) is 12.8 Å². The van der Waals surface area contributed by atoms with E-state index in [1.165, 1.54) is 9.75 Å². The summed E-state index contributed by atoms with van der Waals surface area (Å²) in [7, 11) is 0. The second kappa shape index (κ2) is 6.26. The predicted octanol–water partition coefficient (Wildman–Crippen LogP) is 3.38. The Morgan fingerprint density at radius 3 is 2.95 bits per heavy atom. The van der Waals surface area contributed by atoms with Crippen LogP contribution in [-0.2, 0) is 4.79 Å². The van der Waals surface area contributed by atoms with Gasteiger partial charge in [0, 0.05) is 34.1 Å².